The molecule has 0 radical (unpaired) electrons. The number of halogens is 3. The van der Waals surface area contributed by atoms with Crippen LogP contribution in [0.25, 0.3) is 0 Å². The maximum atomic E-state index is 12.6. The van der Waals surface area contributed by atoms with E-state index in [1.165, 1.54) is 12.1 Å². The molecule has 0 aliphatic heterocycles. The summed E-state index contributed by atoms with van der Waals surface area (Å²) >= 11 is 0. The SMILES string of the molecule is C[C@@H](NCc1ccc(OCc2cccnc2)cc1)c1ccc(C(F)(F)F)cc1. The van der Waals surface area contributed by atoms with Crippen LogP contribution in [0.4, 0.5) is 13.2 Å². The number of pyridine rings is 1. The molecule has 3 aromatic rings. The van der Waals surface area contributed by atoms with Crippen molar-refractivity contribution >= 4 is 0 Å². The van der Waals surface area contributed by atoms with E-state index < -0.39 is 11.7 Å². The van der Waals surface area contributed by atoms with E-state index in [4.69, 9.17) is 4.74 Å². The third kappa shape index (κ3) is 5.57. The quantitative estimate of drug-likeness (QED) is 0.580. The molecule has 0 unspecified atom stereocenters. The average molecular weight is 386 g/mol. The zero-order valence-corrected chi connectivity index (χ0v) is 15.4. The summed E-state index contributed by atoms with van der Waals surface area (Å²) in [6.07, 6.45) is -0.825. The minimum absolute atomic E-state index is 0.0659. The van der Waals surface area contributed by atoms with E-state index in [2.05, 4.69) is 10.3 Å². The number of ether oxygens (including phenoxy) is 1. The lowest BCUT2D eigenvalue weighted by atomic mass is 10.1. The molecule has 0 spiro atoms. The van der Waals surface area contributed by atoms with Crippen LogP contribution in [0.15, 0.2) is 73.1 Å². The van der Waals surface area contributed by atoms with Gasteiger partial charge in [-0.15, -0.1) is 0 Å². The van der Waals surface area contributed by atoms with Gasteiger partial charge in [-0.25, -0.2) is 0 Å². The predicted molar refractivity (Wildman–Crippen MR) is 102 cm³/mol. The maximum Gasteiger partial charge on any atom is 0.416 e. The molecule has 6 heteroatoms. The van der Waals surface area contributed by atoms with Gasteiger partial charge in [-0.05, 0) is 48.4 Å². The Morgan fingerprint density at radius 1 is 0.964 bits per heavy atom. The largest absolute Gasteiger partial charge is 0.489 e. The van der Waals surface area contributed by atoms with Crippen LogP contribution in [0.1, 0.15) is 35.2 Å². The summed E-state index contributed by atoms with van der Waals surface area (Å²) in [5, 5.41) is 3.32. The molecule has 0 fully saturated rings. The minimum Gasteiger partial charge on any atom is -0.489 e. The van der Waals surface area contributed by atoms with Crippen molar-refractivity contribution in [2.24, 2.45) is 0 Å². The fourth-order valence-corrected chi connectivity index (χ4v) is 2.70. The first kappa shape index (κ1) is 19.9. The Morgan fingerprint density at radius 3 is 2.29 bits per heavy atom. The normalized spacial score (nSPS) is 12.6. The van der Waals surface area contributed by atoms with Crippen molar-refractivity contribution < 1.29 is 17.9 Å². The molecule has 2 aromatic carbocycles. The van der Waals surface area contributed by atoms with Crippen molar-refractivity contribution in [3.8, 4) is 5.75 Å². The predicted octanol–water partition coefficient (Wildman–Crippen LogP) is 5.53. The van der Waals surface area contributed by atoms with Gasteiger partial charge in [0, 0.05) is 30.5 Å². The summed E-state index contributed by atoms with van der Waals surface area (Å²) in [6, 6.07) is 16.7. The molecular formula is C22H21F3N2O. The molecule has 0 saturated heterocycles. The number of hydrogen-bond donors (Lipinski definition) is 1. The van der Waals surface area contributed by atoms with Crippen LogP contribution in [0.3, 0.4) is 0 Å². The van der Waals surface area contributed by atoms with Crippen molar-refractivity contribution in [2.45, 2.75) is 32.3 Å². The van der Waals surface area contributed by atoms with E-state index in [1.807, 2.05) is 43.3 Å². The van der Waals surface area contributed by atoms with Gasteiger partial charge >= 0.3 is 6.18 Å². The first-order valence-electron chi connectivity index (χ1n) is 8.93. The number of rotatable bonds is 7. The molecule has 1 heterocycles. The number of aromatic nitrogens is 1. The number of hydrogen-bond acceptors (Lipinski definition) is 3. The van der Waals surface area contributed by atoms with E-state index in [9.17, 15) is 13.2 Å². The van der Waals surface area contributed by atoms with Gasteiger partial charge in [0.15, 0.2) is 0 Å². The summed E-state index contributed by atoms with van der Waals surface area (Å²) in [5.41, 5.74) is 2.24. The molecule has 1 atom stereocenters. The fourth-order valence-electron chi connectivity index (χ4n) is 2.70. The van der Waals surface area contributed by atoms with E-state index in [1.54, 1.807) is 12.4 Å². The molecule has 3 rings (SSSR count). The number of nitrogens with one attached hydrogen (secondary N) is 1. The second-order valence-electron chi connectivity index (χ2n) is 6.52. The summed E-state index contributed by atoms with van der Waals surface area (Å²) < 4.78 is 43.7. The molecule has 28 heavy (non-hydrogen) atoms. The van der Waals surface area contributed by atoms with Crippen LogP contribution in [0.5, 0.6) is 5.75 Å². The molecule has 146 valence electrons. The van der Waals surface area contributed by atoms with Gasteiger partial charge in [-0.1, -0.05) is 30.3 Å². The van der Waals surface area contributed by atoms with Crippen molar-refractivity contribution in [2.75, 3.05) is 0 Å². The lowest BCUT2D eigenvalue weighted by Gasteiger charge is -2.16. The third-order valence-electron chi connectivity index (χ3n) is 4.40. The van der Waals surface area contributed by atoms with Gasteiger partial charge < -0.3 is 10.1 Å². The Balaban J connectivity index is 1.50. The lowest BCUT2D eigenvalue weighted by Crippen LogP contribution is -2.18. The Morgan fingerprint density at radius 2 is 1.68 bits per heavy atom. The molecule has 0 aliphatic carbocycles. The molecular weight excluding hydrogens is 365 g/mol. The smallest absolute Gasteiger partial charge is 0.416 e. The highest BCUT2D eigenvalue weighted by Crippen LogP contribution is 2.30. The number of nitrogens with zero attached hydrogens (tertiary/aromatic N) is 1. The van der Waals surface area contributed by atoms with Gasteiger partial charge in [0.2, 0.25) is 0 Å². The Labute approximate surface area is 162 Å². The molecule has 0 saturated carbocycles. The average Bonchev–Trinajstić information content (AvgIpc) is 2.71. The van der Waals surface area contributed by atoms with Crippen LogP contribution < -0.4 is 10.1 Å². The van der Waals surface area contributed by atoms with E-state index in [-0.39, 0.29) is 6.04 Å². The summed E-state index contributed by atoms with van der Waals surface area (Å²) in [6.45, 7) is 2.98. The topological polar surface area (TPSA) is 34.1 Å². The first-order chi connectivity index (χ1) is 13.4. The zero-order valence-electron chi connectivity index (χ0n) is 15.4. The lowest BCUT2D eigenvalue weighted by molar-refractivity contribution is -0.137. The van der Waals surface area contributed by atoms with Gasteiger partial charge in [-0.2, -0.15) is 13.2 Å². The van der Waals surface area contributed by atoms with E-state index in [0.29, 0.717) is 13.2 Å². The molecule has 1 aromatic heterocycles. The molecule has 0 bridgehead atoms. The zero-order chi connectivity index (χ0) is 20.0. The third-order valence-corrected chi connectivity index (χ3v) is 4.40. The highest BCUT2D eigenvalue weighted by atomic mass is 19.4. The number of benzene rings is 2. The summed E-state index contributed by atoms with van der Waals surface area (Å²) in [7, 11) is 0. The monoisotopic (exact) mass is 386 g/mol. The van der Waals surface area contributed by atoms with E-state index in [0.717, 1.165) is 34.6 Å². The van der Waals surface area contributed by atoms with Crippen molar-refractivity contribution in [3.63, 3.8) is 0 Å². The van der Waals surface area contributed by atoms with Crippen LogP contribution >= 0.6 is 0 Å². The molecule has 3 nitrogen and oxygen atoms in total. The van der Waals surface area contributed by atoms with Crippen LogP contribution in [0, 0.1) is 0 Å². The van der Waals surface area contributed by atoms with Crippen LogP contribution in [-0.4, -0.2) is 4.98 Å². The summed E-state index contributed by atoms with van der Waals surface area (Å²) in [4.78, 5) is 4.05. The molecule has 1 N–H and O–H groups in total. The second-order valence-corrected chi connectivity index (χ2v) is 6.52. The maximum absolute atomic E-state index is 12.6. The van der Waals surface area contributed by atoms with Crippen LogP contribution in [0.2, 0.25) is 0 Å². The minimum atomic E-state index is -4.31. The highest BCUT2D eigenvalue weighted by Gasteiger charge is 2.30. The van der Waals surface area contributed by atoms with E-state index >= 15 is 0 Å². The van der Waals surface area contributed by atoms with Gasteiger partial charge in [0.25, 0.3) is 0 Å². The molecule has 0 aliphatic rings. The Kier molecular flexibility index (Phi) is 6.31. The number of alkyl halides is 3. The van der Waals surface area contributed by atoms with Crippen molar-refractivity contribution in [1.29, 1.82) is 0 Å². The Bertz CT molecular complexity index is 863. The molecule has 0 amide bonds. The fraction of sp³-hybridized carbons (Fsp3) is 0.227. The first-order valence-corrected chi connectivity index (χ1v) is 8.93. The highest BCUT2D eigenvalue weighted by molar-refractivity contribution is 5.29. The van der Waals surface area contributed by atoms with Crippen molar-refractivity contribution in [3.05, 3.63) is 95.3 Å². The van der Waals surface area contributed by atoms with Gasteiger partial charge in [0.1, 0.15) is 12.4 Å². The standard InChI is InChI=1S/C22H21F3N2O/c1-16(19-6-8-20(9-7-19)22(23,24)25)27-14-17-4-10-21(11-5-17)28-15-18-3-2-12-26-13-18/h2-13,16,27H,14-15H2,1H3/t16-/m1/s1. The van der Waals surface area contributed by atoms with Gasteiger partial charge in [-0.3, -0.25) is 4.98 Å². The summed E-state index contributed by atoms with van der Waals surface area (Å²) in [5.74, 6) is 0.767. The van der Waals surface area contributed by atoms with Crippen LogP contribution in [-0.2, 0) is 19.3 Å². The van der Waals surface area contributed by atoms with Gasteiger partial charge in [0.05, 0.1) is 5.56 Å². The second kappa shape index (κ2) is 8.89. The van der Waals surface area contributed by atoms with Crippen molar-refractivity contribution in [1.82, 2.24) is 10.3 Å². The Hall–Kier alpha value is -2.86.